The minimum atomic E-state index is 0.246. The summed E-state index contributed by atoms with van der Waals surface area (Å²) in [4.78, 5) is 2.49. The van der Waals surface area contributed by atoms with E-state index in [0.29, 0.717) is 6.61 Å². The monoisotopic (exact) mass is 379 g/mol. The van der Waals surface area contributed by atoms with Crippen LogP contribution in [0, 0.1) is 0 Å². The zero-order valence-corrected chi connectivity index (χ0v) is 16.6. The van der Waals surface area contributed by atoms with Crippen molar-refractivity contribution in [2.75, 3.05) is 6.61 Å². The summed E-state index contributed by atoms with van der Waals surface area (Å²) in [5, 5.41) is 0.721. The Morgan fingerprint density at radius 3 is 2.04 bits per heavy atom. The van der Waals surface area contributed by atoms with Gasteiger partial charge in [-0.05, 0) is 49.2 Å². The van der Waals surface area contributed by atoms with Crippen LogP contribution in [0.2, 0.25) is 5.02 Å². The number of rotatable bonds is 8. The molecule has 0 saturated carbocycles. The van der Waals surface area contributed by atoms with Crippen molar-refractivity contribution in [1.29, 1.82) is 0 Å². The number of ether oxygens (including phenoxy) is 1. The molecular weight excluding hydrogens is 354 g/mol. The third kappa shape index (κ3) is 5.59. The van der Waals surface area contributed by atoms with Crippen molar-refractivity contribution in [3.05, 3.63) is 101 Å². The molecule has 0 N–H and O–H groups in total. The average Bonchev–Trinajstić information content (AvgIpc) is 2.72. The fraction of sp³-hybridized carbons (Fsp3) is 0.250. The first-order chi connectivity index (χ1) is 13.1. The molecule has 27 heavy (non-hydrogen) atoms. The van der Waals surface area contributed by atoms with Crippen LogP contribution in [0.1, 0.15) is 31.0 Å². The first-order valence-electron chi connectivity index (χ1n) is 9.36. The van der Waals surface area contributed by atoms with Gasteiger partial charge in [0.15, 0.2) is 0 Å². The van der Waals surface area contributed by atoms with Crippen LogP contribution in [-0.4, -0.2) is 17.5 Å². The molecule has 0 bridgehead atoms. The van der Waals surface area contributed by atoms with Crippen LogP contribution >= 0.6 is 11.6 Å². The quantitative estimate of drug-likeness (QED) is 0.450. The van der Waals surface area contributed by atoms with Crippen LogP contribution < -0.4 is 4.74 Å². The molecule has 0 aliphatic heterocycles. The molecule has 0 amide bonds. The van der Waals surface area contributed by atoms with Gasteiger partial charge in [-0.3, -0.25) is 4.90 Å². The Balaban J connectivity index is 1.74. The maximum atomic E-state index is 6.03. The Hall–Kier alpha value is -2.29. The predicted octanol–water partition coefficient (Wildman–Crippen LogP) is 6.37. The van der Waals surface area contributed by atoms with Crippen LogP contribution in [0.15, 0.2) is 84.9 Å². The Morgan fingerprint density at radius 1 is 0.815 bits per heavy atom. The maximum absolute atomic E-state index is 6.03. The molecule has 2 nitrogen and oxygen atoms in total. The molecule has 3 aromatic rings. The van der Waals surface area contributed by atoms with Gasteiger partial charge in [0.25, 0.3) is 0 Å². The third-order valence-electron chi connectivity index (χ3n) is 4.86. The SMILES string of the molecule is C[C@H](c1ccccc1)N(Cc1ccccc1)[C@@H](C)COc1ccc(Cl)cc1. The van der Waals surface area contributed by atoms with Gasteiger partial charge in [-0.15, -0.1) is 0 Å². The number of benzene rings is 3. The topological polar surface area (TPSA) is 12.5 Å². The summed E-state index contributed by atoms with van der Waals surface area (Å²) in [6.07, 6.45) is 0. The fourth-order valence-electron chi connectivity index (χ4n) is 3.24. The molecule has 3 rings (SSSR count). The lowest BCUT2D eigenvalue weighted by atomic mass is 10.0. The van der Waals surface area contributed by atoms with Gasteiger partial charge in [0.2, 0.25) is 0 Å². The minimum absolute atomic E-state index is 0.246. The highest BCUT2D eigenvalue weighted by atomic mass is 35.5. The van der Waals surface area contributed by atoms with Gasteiger partial charge < -0.3 is 4.74 Å². The van der Waals surface area contributed by atoms with Gasteiger partial charge in [-0.1, -0.05) is 72.3 Å². The van der Waals surface area contributed by atoms with E-state index in [1.54, 1.807) is 0 Å². The summed E-state index contributed by atoms with van der Waals surface area (Å²) < 4.78 is 6.03. The summed E-state index contributed by atoms with van der Waals surface area (Å²) >= 11 is 5.96. The molecule has 0 saturated heterocycles. The number of hydrogen-bond acceptors (Lipinski definition) is 2. The van der Waals surface area contributed by atoms with Gasteiger partial charge in [0, 0.05) is 23.7 Å². The molecule has 0 spiro atoms. The van der Waals surface area contributed by atoms with E-state index in [1.807, 2.05) is 24.3 Å². The number of halogens is 1. The second kappa shape index (κ2) is 9.59. The molecule has 2 atom stereocenters. The van der Waals surface area contributed by atoms with Crippen molar-refractivity contribution in [2.45, 2.75) is 32.5 Å². The van der Waals surface area contributed by atoms with E-state index in [9.17, 15) is 0 Å². The lowest BCUT2D eigenvalue weighted by Crippen LogP contribution is -2.38. The zero-order chi connectivity index (χ0) is 19.1. The highest BCUT2D eigenvalue weighted by Crippen LogP contribution is 2.25. The molecule has 0 heterocycles. The molecule has 0 unspecified atom stereocenters. The number of nitrogens with zero attached hydrogens (tertiary/aromatic N) is 1. The summed E-state index contributed by atoms with van der Waals surface area (Å²) in [6.45, 7) is 5.98. The average molecular weight is 380 g/mol. The van der Waals surface area contributed by atoms with Crippen molar-refractivity contribution in [1.82, 2.24) is 4.90 Å². The van der Waals surface area contributed by atoms with Crippen LogP contribution in [-0.2, 0) is 6.54 Å². The summed E-state index contributed by atoms with van der Waals surface area (Å²) in [5.74, 6) is 0.846. The minimum Gasteiger partial charge on any atom is -0.492 e. The lowest BCUT2D eigenvalue weighted by molar-refractivity contribution is 0.101. The van der Waals surface area contributed by atoms with Gasteiger partial charge >= 0.3 is 0 Å². The first kappa shape index (κ1) is 19.5. The smallest absolute Gasteiger partial charge is 0.119 e. The van der Waals surface area contributed by atoms with Crippen LogP contribution in [0.3, 0.4) is 0 Å². The van der Waals surface area contributed by atoms with Crippen LogP contribution in [0.4, 0.5) is 0 Å². The Kier molecular flexibility index (Phi) is 6.92. The van der Waals surface area contributed by atoms with E-state index >= 15 is 0 Å². The molecule has 0 aromatic heterocycles. The molecule has 0 aliphatic carbocycles. The van der Waals surface area contributed by atoms with Crippen molar-refractivity contribution < 1.29 is 4.74 Å². The highest BCUT2D eigenvalue weighted by molar-refractivity contribution is 6.30. The van der Waals surface area contributed by atoms with Gasteiger partial charge in [-0.25, -0.2) is 0 Å². The van der Waals surface area contributed by atoms with E-state index in [1.165, 1.54) is 11.1 Å². The highest BCUT2D eigenvalue weighted by Gasteiger charge is 2.22. The fourth-order valence-corrected chi connectivity index (χ4v) is 3.36. The van der Waals surface area contributed by atoms with Crippen LogP contribution in [0.5, 0.6) is 5.75 Å². The molecular formula is C24H26ClNO. The van der Waals surface area contributed by atoms with Crippen molar-refractivity contribution in [3.63, 3.8) is 0 Å². The second-order valence-corrected chi connectivity index (χ2v) is 7.29. The van der Waals surface area contributed by atoms with E-state index in [2.05, 4.69) is 79.4 Å². The van der Waals surface area contributed by atoms with Crippen molar-refractivity contribution in [2.24, 2.45) is 0 Å². The summed E-state index contributed by atoms with van der Waals surface area (Å²) in [5.41, 5.74) is 2.62. The molecule has 0 aliphatic rings. The van der Waals surface area contributed by atoms with E-state index in [4.69, 9.17) is 16.3 Å². The van der Waals surface area contributed by atoms with Gasteiger partial charge in [0.05, 0.1) is 0 Å². The van der Waals surface area contributed by atoms with Gasteiger partial charge in [-0.2, -0.15) is 0 Å². The first-order valence-corrected chi connectivity index (χ1v) is 9.74. The molecule has 3 aromatic carbocycles. The maximum Gasteiger partial charge on any atom is 0.119 e. The van der Waals surface area contributed by atoms with Crippen molar-refractivity contribution in [3.8, 4) is 5.75 Å². The largest absolute Gasteiger partial charge is 0.492 e. The zero-order valence-electron chi connectivity index (χ0n) is 15.9. The molecule has 3 heteroatoms. The third-order valence-corrected chi connectivity index (χ3v) is 5.11. The van der Waals surface area contributed by atoms with E-state index in [0.717, 1.165) is 17.3 Å². The lowest BCUT2D eigenvalue weighted by Gasteiger charge is -2.35. The Morgan fingerprint density at radius 2 is 1.41 bits per heavy atom. The van der Waals surface area contributed by atoms with Crippen LogP contribution in [0.25, 0.3) is 0 Å². The molecule has 140 valence electrons. The summed E-state index contributed by atoms with van der Waals surface area (Å²) in [6, 6.07) is 29.3. The second-order valence-electron chi connectivity index (χ2n) is 6.86. The Labute approximate surface area is 167 Å². The van der Waals surface area contributed by atoms with E-state index < -0.39 is 0 Å². The molecule has 0 fully saturated rings. The van der Waals surface area contributed by atoms with E-state index in [-0.39, 0.29) is 12.1 Å². The van der Waals surface area contributed by atoms with Gasteiger partial charge in [0.1, 0.15) is 12.4 Å². The number of hydrogen-bond donors (Lipinski definition) is 0. The molecule has 0 radical (unpaired) electrons. The standard InChI is InChI=1S/C24H26ClNO/c1-19(18-27-24-15-13-23(25)14-16-24)26(17-21-9-5-3-6-10-21)20(2)22-11-7-4-8-12-22/h3-16,19-20H,17-18H2,1-2H3/t19-,20+/m0/s1. The van der Waals surface area contributed by atoms with Crippen molar-refractivity contribution >= 4 is 11.6 Å². The Bertz CT molecular complexity index is 805. The normalized spacial score (nSPS) is 13.3. The summed E-state index contributed by atoms with van der Waals surface area (Å²) in [7, 11) is 0. The predicted molar refractivity (Wildman–Crippen MR) is 113 cm³/mol.